The molecule has 1 aromatic carbocycles. The molecule has 1 aromatic rings. The van der Waals surface area contributed by atoms with Gasteiger partial charge in [0, 0.05) is 11.0 Å². The lowest BCUT2D eigenvalue weighted by molar-refractivity contribution is -0.141. The number of halogens is 1. The molecule has 1 fully saturated rings. The van der Waals surface area contributed by atoms with Crippen molar-refractivity contribution in [2.45, 2.75) is 57.7 Å². The third-order valence-electron chi connectivity index (χ3n) is 5.73. The second-order valence-electron chi connectivity index (χ2n) is 7.99. The molecule has 1 aliphatic carbocycles. The number of hydrogen-bond donors (Lipinski definition) is 2. The molecule has 3 atom stereocenters. The van der Waals surface area contributed by atoms with E-state index in [0.29, 0.717) is 13.0 Å². The molecule has 0 saturated carbocycles. The van der Waals surface area contributed by atoms with Crippen LogP contribution in [0.2, 0.25) is 0 Å². The number of alkyl carbamates (subject to hydrolysis) is 1. The fourth-order valence-electron chi connectivity index (χ4n) is 4.19. The highest BCUT2D eigenvalue weighted by atomic mass is 79.9. The van der Waals surface area contributed by atoms with E-state index in [2.05, 4.69) is 37.4 Å². The molecule has 7 nitrogen and oxygen atoms in total. The first kappa shape index (κ1) is 21.6. The van der Waals surface area contributed by atoms with E-state index in [1.165, 1.54) is 12.7 Å². The molecule has 3 rings (SSSR count). The van der Waals surface area contributed by atoms with Gasteiger partial charge in [-0.2, -0.15) is 0 Å². The van der Waals surface area contributed by atoms with Crippen LogP contribution >= 0.6 is 15.9 Å². The third kappa shape index (κ3) is 4.74. The molecule has 2 aliphatic rings. The lowest BCUT2D eigenvalue weighted by atomic mass is 10.0. The summed E-state index contributed by atoms with van der Waals surface area (Å²) in [6.07, 6.45) is 2.52. The third-order valence-corrected chi connectivity index (χ3v) is 6.22. The average molecular weight is 466 g/mol. The van der Waals surface area contributed by atoms with Gasteiger partial charge in [-0.1, -0.05) is 35.8 Å². The summed E-state index contributed by atoms with van der Waals surface area (Å²) in [4.78, 5) is 39.4. The molecule has 29 heavy (non-hydrogen) atoms. The van der Waals surface area contributed by atoms with Crippen LogP contribution in [0.4, 0.5) is 4.79 Å². The standard InChI is InChI=1S/C21H28BrN3O4/c1-12(2)18(24-21(28)29-3)20(27)25-10-4-5-17(25)19(26)23-16-9-6-13-11-14(22)7-8-15(13)16/h7-8,11-12,16-18H,4-6,9-10H2,1-3H3,(H,23,26)(H,24,28)/t16-,17-,18?/m0/s1. The highest BCUT2D eigenvalue weighted by molar-refractivity contribution is 9.10. The van der Waals surface area contributed by atoms with Gasteiger partial charge in [0.2, 0.25) is 11.8 Å². The van der Waals surface area contributed by atoms with Crippen LogP contribution in [-0.4, -0.2) is 48.5 Å². The average Bonchev–Trinajstić information content (AvgIpc) is 3.32. The summed E-state index contributed by atoms with van der Waals surface area (Å²) < 4.78 is 5.68. The number of amides is 3. The minimum atomic E-state index is -0.722. The zero-order valence-electron chi connectivity index (χ0n) is 17.0. The zero-order valence-corrected chi connectivity index (χ0v) is 18.6. The second kappa shape index (κ2) is 9.15. The number of carbonyl (C=O) groups excluding carboxylic acids is 3. The van der Waals surface area contributed by atoms with E-state index in [1.807, 2.05) is 26.0 Å². The van der Waals surface area contributed by atoms with Crippen LogP contribution < -0.4 is 10.6 Å². The fourth-order valence-corrected chi connectivity index (χ4v) is 4.59. The molecular weight excluding hydrogens is 438 g/mol. The fraction of sp³-hybridized carbons (Fsp3) is 0.571. The van der Waals surface area contributed by atoms with Crippen LogP contribution in [-0.2, 0) is 20.7 Å². The van der Waals surface area contributed by atoms with Crippen LogP contribution in [0.3, 0.4) is 0 Å². The van der Waals surface area contributed by atoms with Gasteiger partial charge in [-0.25, -0.2) is 4.79 Å². The van der Waals surface area contributed by atoms with Crippen LogP contribution in [0.25, 0.3) is 0 Å². The summed E-state index contributed by atoms with van der Waals surface area (Å²) in [7, 11) is 1.27. The molecule has 158 valence electrons. The van der Waals surface area contributed by atoms with Crippen molar-refractivity contribution in [2.75, 3.05) is 13.7 Å². The van der Waals surface area contributed by atoms with Gasteiger partial charge in [-0.05, 0) is 54.9 Å². The van der Waals surface area contributed by atoms with E-state index in [9.17, 15) is 14.4 Å². The van der Waals surface area contributed by atoms with E-state index in [4.69, 9.17) is 0 Å². The zero-order chi connectivity index (χ0) is 21.1. The van der Waals surface area contributed by atoms with Crippen molar-refractivity contribution in [3.8, 4) is 0 Å². The number of ether oxygens (including phenoxy) is 1. The van der Waals surface area contributed by atoms with Crippen LogP contribution in [0.1, 0.15) is 50.3 Å². The van der Waals surface area contributed by atoms with Gasteiger partial charge in [0.1, 0.15) is 12.1 Å². The van der Waals surface area contributed by atoms with Crippen molar-refractivity contribution in [1.82, 2.24) is 15.5 Å². The van der Waals surface area contributed by atoms with E-state index < -0.39 is 18.2 Å². The highest BCUT2D eigenvalue weighted by Gasteiger charge is 2.39. The summed E-state index contributed by atoms with van der Waals surface area (Å²) in [5.41, 5.74) is 2.39. The Morgan fingerprint density at radius 1 is 1.24 bits per heavy atom. The number of rotatable bonds is 5. The van der Waals surface area contributed by atoms with Crippen molar-refractivity contribution in [3.63, 3.8) is 0 Å². The number of hydrogen-bond acceptors (Lipinski definition) is 4. The van der Waals surface area contributed by atoms with E-state index in [1.54, 1.807) is 4.90 Å². The molecular formula is C21H28BrN3O4. The maximum Gasteiger partial charge on any atom is 0.407 e. The number of nitrogens with zero attached hydrogens (tertiary/aromatic N) is 1. The first-order valence-corrected chi connectivity index (χ1v) is 10.8. The molecule has 1 unspecified atom stereocenters. The van der Waals surface area contributed by atoms with Crippen LogP contribution in [0.5, 0.6) is 0 Å². The molecule has 0 radical (unpaired) electrons. The topological polar surface area (TPSA) is 87.7 Å². The molecule has 2 N–H and O–H groups in total. The van der Waals surface area contributed by atoms with Gasteiger partial charge in [0.25, 0.3) is 0 Å². The van der Waals surface area contributed by atoms with Gasteiger partial charge in [0.15, 0.2) is 0 Å². The summed E-state index contributed by atoms with van der Waals surface area (Å²) in [6, 6.07) is 4.86. The summed E-state index contributed by atoms with van der Waals surface area (Å²) in [6.45, 7) is 4.23. The second-order valence-corrected chi connectivity index (χ2v) is 8.91. The molecule has 8 heteroatoms. The number of benzene rings is 1. The van der Waals surface area contributed by atoms with Crippen LogP contribution in [0.15, 0.2) is 22.7 Å². The predicted octanol–water partition coefficient (Wildman–Crippen LogP) is 2.92. The molecule has 1 heterocycles. The number of likely N-dealkylation sites (tertiary alicyclic amines) is 1. The van der Waals surface area contributed by atoms with Crippen molar-refractivity contribution in [3.05, 3.63) is 33.8 Å². The minimum Gasteiger partial charge on any atom is -0.453 e. The Kier molecular flexibility index (Phi) is 6.82. The Bertz CT molecular complexity index is 798. The van der Waals surface area contributed by atoms with Crippen molar-refractivity contribution < 1.29 is 19.1 Å². The molecule has 3 amide bonds. The normalized spacial score (nSPS) is 21.6. The Morgan fingerprint density at radius 2 is 2.00 bits per heavy atom. The van der Waals surface area contributed by atoms with Gasteiger partial charge < -0.3 is 20.3 Å². The smallest absolute Gasteiger partial charge is 0.407 e. The number of aryl methyl sites for hydroxylation is 1. The summed E-state index contributed by atoms with van der Waals surface area (Å²) in [5, 5.41) is 5.75. The lowest BCUT2D eigenvalue weighted by Crippen LogP contribution is -2.55. The molecule has 0 aromatic heterocycles. The van der Waals surface area contributed by atoms with E-state index >= 15 is 0 Å². The Balaban J connectivity index is 1.69. The maximum absolute atomic E-state index is 13.1. The van der Waals surface area contributed by atoms with Gasteiger partial charge in [-0.3, -0.25) is 9.59 Å². The van der Waals surface area contributed by atoms with Crippen LogP contribution in [0, 0.1) is 5.92 Å². The number of fused-ring (bicyclic) bond motifs is 1. The summed E-state index contributed by atoms with van der Waals surface area (Å²) >= 11 is 3.49. The SMILES string of the molecule is COC(=O)NC(C(=O)N1CCC[C@H]1C(=O)N[C@H]1CCc2cc(Br)ccc21)C(C)C. The first-order chi connectivity index (χ1) is 13.8. The maximum atomic E-state index is 13.1. The van der Waals surface area contributed by atoms with Gasteiger partial charge in [-0.15, -0.1) is 0 Å². The molecule has 0 bridgehead atoms. The van der Waals surface area contributed by atoms with Crippen molar-refractivity contribution in [1.29, 1.82) is 0 Å². The molecule has 0 spiro atoms. The van der Waals surface area contributed by atoms with Crippen molar-refractivity contribution in [2.24, 2.45) is 5.92 Å². The molecule has 1 saturated heterocycles. The number of nitrogens with one attached hydrogen (secondary N) is 2. The van der Waals surface area contributed by atoms with Crippen molar-refractivity contribution >= 4 is 33.8 Å². The first-order valence-electron chi connectivity index (χ1n) is 10.1. The van der Waals surface area contributed by atoms with Gasteiger partial charge in [0.05, 0.1) is 13.2 Å². The largest absolute Gasteiger partial charge is 0.453 e. The highest BCUT2D eigenvalue weighted by Crippen LogP contribution is 2.33. The lowest BCUT2D eigenvalue weighted by Gasteiger charge is -2.30. The van der Waals surface area contributed by atoms with E-state index in [-0.39, 0.29) is 23.8 Å². The Hall–Kier alpha value is -2.09. The number of carbonyl (C=O) groups is 3. The van der Waals surface area contributed by atoms with Gasteiger partial charge >= 0.3 is 6.09 Å². The summed E-state index contributed by atoms with van der Waals surface area (Å²) in [5.74, 6) is -0.484. The Morgan fingerprint density at radius 3 is 2.69 bits per heavy atom. The minimum absolute atomic E-state index is 0.0303. The molecule has 1 aliphatic heterocycles. The van der Waals surface area contributed by atoms with E-state index in [0.717, 1.165) is 29.3 Å². The Labute approximate surface area is 179 Å². The predicted molar refractivity (Wildman–Crippen MR) is 112 cm³/mol. The quantitative estimate of drug-likeness (QED) is 0.699. The monoisotopic (exact) mass is 465 g/mol. The number of methoxy groups -OCH3 is 1.